The van der Waals surface area contributed by atoms with Gasteiger partial charge in [-0.3, -0.25) is 4.90 Å². The highest BCUT2D eigenvalue weighted by Gasteiger charge is 2.22. The summed E-state index contributed by atoms with van der Waals surface area (Å²) in [6, 6.07) is 8.49. The minimum absolute atomic E-state index is 0.477. The molecule has 18 heavy (non-hydrogen) atoms. The van der Waals surface area contributed by atoms with E-state index in [2.05, 4.69) is 11.0 Å². The van der Waals surface area contributed by atoms with Gasteiger partial charge in [-0.2, -0.15) is 5.26 Å². The summed E-state index contributed by atoms with van der Waals surface area (Å²) in [4.78, 5) is 2.24. The zero-order valence-electron chi connectivity index (χ0n) is 10.2. The van der Waals surface area contributed by atoms with Crippen LogP contribution in [0.25, 0.3) is 0 Å². The molecule has 0 saturated heterocycles. The fraction of sp³-hybridized carbons (Fsp3) is 0.500. The topological polar surface area (TPSA) is 27.0 Å². The zero-order valence-corrected chi connectivity index (χ0v) is 11.7. The van der Waals surface area contributed by atoms with E-state index < -0.39 is 0 Å². The highest BCUT2D eigenvalue weighted by Crippen LogP contribution is 2.27. The number of rotatable bonds is 4. The third-order valence-corrected chi connectivity index (χ3v) is 4.22. The van der Waals surface area contributed by atoms with Gasteiger partial charge in [0.15, 0.2) is 0 Å². The maximum Gasteiger partial charge on any atom is 0.0871 e. The Hall–Kier alpha value is -0.750. The molecular weight excluding hydrogens is 267 g/mol. The van der Waals surface area contributed by atoms with E-state index in [-0.39, 0.29) is 0 Å². The van der Waals surface area contributed by atoms with Crippen LogP contribution in [0.1, 0.15) is 31.2 Å². The molecule has 2 rings (SSSR count). The molecule has 4 heteroatoms. The highest BCUT2D eigenvalue weighted by atomic mass is 35.5. The van der Waals surface area contributed by atoms with Crippen molar-refractivity contribution < 1.29 is 0 Å². The zero-order chi connectivity index (χ0) is 13.0. The van der Waals surface area contributed by atoms with E-state index in [0.717, 1.165) is 12.1 Å². The lowest BCUT2D eigenvalue weighted by Gasteiger charge is -2.26. The summed E-state index contributed by atoms with van der Waals surface area (Å²) in [7, 11) is 0. The first-order valence-electron chi connectivity index (χ1n) is 6.25. The number of halogens is 2. The fourth-order valence-corrected chi connectivity index (χ4v) is 2.87. The quantitative estimate of drug-likeness (QED) is 0.772. The van der Waals surface area contributed by atoms with Gasteiger partial charge in [0, 0.05) is 12.6 Å². The van der Waals surface area contributed by atoms with Crippen LogP contribution >= 0.6 is 23.2 Å². The SMILES string of the molecule is N#CCN(Cc1ccc(Cl)c(Cl)c1)C1CCCC1. The Labute approximate surface area is 118 Å². The number of hydrogen-bond acceptors (Lipinski definition) is 2. The van der Waals surface area contributed by atoms with Crippen LogP contribution in [-0.4, -0.2) is 17.5 Å². The average Bonchev–Trinajstić information content (AvgIpc) is 2.87. The molecule has 1 aromatic carbocycles. The van der Waals surface area contributed by atoms with Crippen LogP contribution in [0, 0.1) is 11.3 Å². The number of nitrogens with zero attached hydrogens (tertiary/aromatic N) is 2. The van der Waals surface area contributed by atoms with Gasteiger partial charge in [-0.1, -0.05) is 42.1 Å². The maximum atomic E-state index is 8.93. The lowest BCUT2D eigenvalue weighted by molar-refractivity contribution is 0.214. The molecule has 0 aromatic heterocycles. The fourth-order valence-electron chi connectivity index (χ4n) is 2.55. The van der Waals surface area contributed by atoms with Crippen LogP contribution in [0.15, 0.2) is 18.2 Å². The molecule has 1 fully saturated rings. The van der Waals surface area contributed by atoms with E-state index in [1.165, 1.54) is 25.7 Å². The third kappa shape index (κ3) is 3.38. The molecule has 0 spiro atoms. The standard InChI is InChI=1S/C14H16Cl2N2/c15-13-6-5-11(9-14(13)16)10-18(8-7-17)12-3-1-2-4-12/h5-6,9,12H,1-4,8,10H2. The second-order valence-corrected chi connectivity index (χ2v) is 5.56. The summed E-state index contributed by atoms with van der Waals surface area (Å²) in [5.74, 6) is 0. The lowest BCUT2D eigenvalue weighted by Crippen LogP contribution is -2.33. The first-order valence-corrected chi connectivity index (χ1v) is 7.01. The summed E-state index contributed by atoms with van der Waals surface area (Å²) < 4.78 is 0. The largest absolute Gasteiger partial charge is 0.283 e. The Morgan fingerprint density at radius 1 is 1.22 bits per heavy atom. The van der Waals surface area contributed by atoms with Gasteiger partial charge in [0.1, 0.15) is 0 Å². The summed E-state index contributed by atoms with van der Waals surface area (Å²) in [5, 5.41) is 10.1. The van der Waals surface area contributed by atoms with E-state index in [1.54, 1.807) is 0 Å². The molecule has 0 radical (unpaired) electrons. The Morgan fingerprint density at radius 2 is 1.94 bits per heavy atom. The molecule has 0 amide bonds. The van der Waals surface area contributed by atoms with Gasteiger partial charge in [0.2, 0.25) is 0 Å². The first-order chi connectivity index (χ1) is 8.70. The normalized spacial score (nSPS) is 16.1. The van der Waals surface area contributed by atoms with E-state index in [1.807, 2.05) is 18.2 Å². The third-order valence-electron chi connectivity index (χ3n) is 3.48. The predicted molar refractivity (Wildman–Crippen MR) is 74.7 cm³/mol. The molecule has 0 heterocycles. The first kappa shape index (κ1) is 13.7. The second-order valence-electron chi connectivity index (χ2n) is 4.75. The Bertz CT molecular complexity index is 448. The predicted octanol–water partition coefficient (Wildman–Crippen LogP) is 4.26. The van der Waals surface area contributed by atoms with Gasteiger partial charge in [-0.25, -0.2) is 0 Å². The molecule has 1 saturated carbocycles. The summed E-state index contributed by atoms with van der Waals surface area (Å²) in [6.45, 7) is 1.25. The maximum absolute atomic E-state index is 8.93. The van der Waals surface area contributed by atoms with Crippen LogP contribution in [0.3, 0.4) is 0 Å². The monoisotopic (exact) mass is 282 g/mol. The molecular formula is C14H16Cl2N2. The molecule has 0 N–H and O–H groups in total. The molecule has 0 atom stereocenters. The van der Waals surface area contributed by atoms with Gasteiger partial charge in [-0.05, 0) is 30.5 Å². The van der Waals surface area contributed by atoms with Gasteiger partial charge < -0.3 is 0 Å². The van der Waals surface area contributed by atoms with Crippen molar-refractivity contribution in [3.05, 3.63) is 33.8 Å². The van der Waals surface area contributed by atoms with Crippen LogP contribution in [0.2, 0.25) is 10.0 Å². The minimum atomic E-state index is 0.477. The van der Waals surface area contributed by atoms with Crippen LogP contribution in [-0.2, 0) is 6.54 Å². The molecule has 1 aliphatic rings. The molecule has 96 valence electrons. The van der Waals surface area contributed by atoms with Gasteiger partial charge in [-0.15, -0.1) is 0 Å². The Kier molecular flexibility index (Phi) is 4.88. The molecule has 0 aliphatic heterocycles. The highest BCUT2D eigenvalue weighted by molar-refractivity contribution is 6.42. The van der Waals surface area contributed by atoms with E-state index >= 15 is 0 Å². The lowest BCUT2D eigenvalue weighted by atomic mass is 10.1. The van der Waals surface area contributed by atoms with Crippen molar-refractivity contribution in [3.8, 4) is 6.07 Å². The van der Waals surface area contributed by atoms with E-state index in [0.29, 0.717) is 22.6 Å². The van der Waals surface area contributed by atoms with E-state index in [9.17, 15) is 0 Å². The van der Waals surface area contributed by atoms with E-state index in [4.69, 9.17) is 28.5 Å². The van der Waals surface area contributed by atoms with Crippen molar-refractivity contribution in [2.24, 2.45) is 0 Å². The number of benzene rings is 1. The summed E-state index contributed by atoms with van der Waals surface area (Å²) in [5.41, 5.74) is 1.12. The Balaban J connectivity index is 2.07. The minimum Gasteiger partial charge on any atom is -0.283 e. The van der Waals surface area contributed by atoms with Crippen molar-refractivity contribution in [2.75, 3.05) is 6.54 Å². The van der Waals surface area contributed by atoms with Crippen molar-refractivity contribution in [2.45, 2.75) is 38.3 Å². The molecule has 1 aliphatic carbocycles. The van der Waals surface area contributed by atoms with Crippen molar-refractivity contribution in [1.29, 1.82) is 5.26 Å². The number of hydrogen-bond donors (Lipinski definition) is 0. The number of nitriles is 1. The van der Waals surface area contributed by atoms with Crippen molar-refractivity contribution in [3.63, 3.8) is 0 Å². The van der Waals surface area contributed by atoms with Crippen molar-refractivity contribution >= 4 is 23.2 Å². The van der Waals surface area contributed by atoms with Crippen LogP contribution in [0.4, 0.5) is 0 Å². The molecule has 0 bridgehead atoms. The molecule has 0 unspecified atom stereocenters. The smallest absolute Gasteiger partial charge is 0.0871 e. The van der Waals surface area contributed by atoms with Gasteiger partial charge in [0.25, 0.3) is 0 Å². The average molecular weight is 283 g/mol. The molecule has 1 aromatic rings. The summed E-state index contributed by atoms with van der Waals surface area (Å²) in [6.07, 6.45) is 4.94. The summed E-state index contributed by atoms with van der Waals surface area (Å²) >= 11 is 11.9. The van der Waals surface area contributed by atoms with Gasteiger partial charge in [0.05, 0.1) is 22.7 Å². The van der Waals surface area contributed by atoms with Crippen LogP contribution in [0.5, 0.6) is 0 Å². The van der Waals surface area contributed by atoms with Crippen molar-refractivity contribution in [1.82, 2.24) is 4.90 Å². The van der Waals surface area contributed by atoms with Crippen LogP contribution < -0.4 is 0 Å². The van der Waals surface area contributed by atoms with Gasteiger partial charge >= 0.3 is 0 Å². The molecule has 2 nitrogen and oxygen atoms in total. The Morgan fingerprint density at radius 3 is 2.56 bits per heavy atom. The second kappa shape index (κ2) is 6.43.